The molecule has 0 bridgehead atoms. The van der Waals surface area contributed by atoms with Crippen molar-refractivity contribution in [1.29, 1.82) is 0 Å². The molecular weight excluding hydrogens is 540 g/mol. The zero-order valence-electron chi connectivity index (χ0n) is 24.7. The van der Waals surface area contributed by atoms with Crippen LogP contribution in [0.4, 0.5) is 0 Å². The number of sulfonamides is 1. The molecule has 3 rings (SSSR count). The lowest BCUT2D eigenvalue weighted by Crippen LogP contribution is -2.52. The van der Waals surface area contributed by atoms with Crippen molar-refractivity contribution in [3.05, 3.63) is 65.7 Å². The lowest BCUT2D eigenvalue weighted by Gasteiger charge is -2.26. The van der Waals surface area contributed by atoms with Gasteiger partial charge in [-0.05, 0) is 49.3 Å². The van der Waals surface area contributed by atoms with E-state index in [0.29, 0.717) is 19.4 Å². The van der Waals surface area contributed by atoms with Crippen LogP contribution < -0.4 is 15.4 Å². The van der Waals surface area contributed by atoms with Gasteiger partial charge in [-0.1, -0.05) is 75.7 Å². The maximum absolute atomic E-state index is 13.2. The molecule has 41 heavy (non-hydrogen) atoms. The zero-order chi connectivity index (χ0) is 30.2. The van der Waals surface area contributed by atoms with Crippen LogP contribution in [-0.2, 0) is 30.8 Å². The number of nitrogens with one attached hydrogen (secondary N) is 3. The SMILES string of the molecule is Cc1ccc(S(=O)(=O)N[C@@H](CC(C)C)CN2CC(=O)C(NC(=O)[C@H](CC(C)C)NC(=O)Cc3ccccc3)C2)cc1. The van der Waals surface area contributed by atoms with Crippen LogP contribution in [0.5, 0.6) is 0 Å². The van der Waals surface area contributed by atoms with Gasteiger partial charge in [0.05, 0.1) is 17.9 Å². The highest BCUT2D eigenvalue weighted by molar-refractivity contribution is 7.89. The van der Waals surface area contributed by atoms with Gasteiger partial charge in [0.25, 0.3) is 0 Å². The smallest absolute Gasteiger partial charge is 0.243 e. The van der Waals surface area contributed by atoms with E-state index in [2.05, 4.69) is 15.4 Å². The number of nitrogens with zero attached hydrogens (tertiary/aromatic N) is 1. The van der Waals surface area contributed by atoms with Crippen molar-refractivity contribution in [1.82, 2.24) is 20.3 Å². The predicted molar refractivity (Wildman–Crippen MR) is 160 cm³/mol. The summed E-state index contributed by atoms with van der Waals surface area (Å²) in [6.45, 7) is 10.6. The molecule has 2 aromatic carbocycles. The average Bonchev–Trinajstić information content (AvgIpc) is 3.21. The van der Waals surface area contributed by atoms with Crippen LogP contribution in [-0.4, -0.2) is 68.7 Å². The van der Waals surface area contributed by atoms with E-state index in [-0.39, 0.29) is 53.8 Å². The van der Waals surface area contributed by atoms with Gasteiger partial charge < -0.3 is 10.6 Å². The predicted octanol–water partition coefficient (Wildman–Crippen LogP) is 2.83. The van der Waals surface area contributed by atoms with Crippen molar-refractivity contribution in [2.24, 2.45) is 11.8 Å². The van der Waals surface area contributed by atoms with E-state index in [1.807, 2.05) is 69.9 Å². The Bertz CT molecular complexity index is 1280. The highest BCUT2D eigenvalue weighted by atomic mass is 32.2. The van der Waals surface area contributed by atoms with E-state index >= 15 is 0 Å². The maximum atomic E-state index is 13.2. The van der Waals surface area contributed by atoms with Crippen LogP contribution in [0.15, 0.2) is 59.5 Å². The van der Waals surface area contributed by atoms with Crippen LogP contribution >= 0.6 is 0 Å². The number of hydrogen-bond donors (Lipinski definition) is 3. The van der Waals surface area contributed by atoms with Crippen LogP contribution in [0.25, 0.3) is 0 Å². The number of likely N-dealkylation sites (tertiary alicyclic amines) is 1. The quantitative estimate of drug-likeness (QED) is 0.314. The number of amides is 2. The second-order valence-corrected chi connectivity index (χ2v) is 13.6. The molecule has 2 aromatic rings. The summed E-state index contributed by atoms with van der Waals surface area (Å²) in [6, 6.07) is 14.1. The van der Waals surface area contributed by atoms with Crippen LogP contribution in [0.2, 0.25) is 0 Å². The molecule has 2 amide bonds. The molecular formula is C31H44N4O5S. The van der Waals surface area contributed by atoms with Crippen LogP contribution in [0, 0.1) is 18.8 Å². The molecule has 0 saturated carbocycles. The van der Waals surface area contributed by atoms with Gasteiger partial charge in [0.1, 0.15) is 12.1 Å². The number of hydrogen-bond acceptors (Lipinski definition) is 6. The maximum Gasteiger partial charge on any atom is 0.243 e. The van der Waals surface area contributed by atoms with Gasteiger partial charge in [-0.3, -0.25) is 19.3 Å². The van der Waals surface area contributed by atoms with Gasteiger partial charge in [-0.2, -0.15) is 0 Å². The molecule has 1 unspecified atom stereocenters. The van der Waals surface area contributed by atoms with Gasteiger partial charge in [-0.15, -0.1) is 0 Å². The van der Waals surface area contributed by atoms with Crippen molar-refractivity contribution in [2.45, 2.75) is 76.9 Å². The molecule has 0 radical (unpaired) electrons. The summed E-state index contributed by atoms with van der Waals surface area (Å²) in [6.07, 6.45) is 1.19. The summed E-state index contributed by atoms with van der Waals surface area (Å²) < 4.78 is 28.9. The average molecular weight is 585 g/mol. The van der Waals surface area contributed by atoms with Crippen molar-refractivity contribution in [2.75, 3.05) is 19.6 Å². The van der Waals surface area contributed by atoms with Crippen molar-refractivity contribution in [3.63, 3.8) is 0 Å². The third-order valence-electron chi connectivity index (χ3n) is 6.98. The number of carbonyl (C=O) groups is 3. The Morgan fingerprint density at radius 1 is 0.951 bits per heavy atom. The first kappa shape index (κ1) is 32.4. The molecule has 1 fully saturated rings. The fourth-order valence-corrected chi connectivity index (χ4v) is 6.31. The zero-order valence-corrected chi connectivity index (χ0v) is 25.5. The number of benzene rings is 2. The van der Waals surface area contributed by atoms with Gasteiger partial charge in [0.15, 0.2) is 5.78 Å². The van der Waals surface area contributed by atoms with Gasteiger partial charge in [0, 0.05) is 19.1 Å². The van der Waals surface area contributed by atoms with Crippen LogP contribution in [0.1, 0.15) is 51.7 Å². The standard InChI is InChI=1S/C31H44N4O5S/c1-21(2)15-25(34-41(39,40)26-13-11-23(5)12-14-26)18-35-19-28(29(36)20-35)33-31(38)27(16-22(3)4)32-30(37)17-24-9-7-6-8-10-24/h6-14,21-22,25,27-28,34H,15-20H2,1-5H3,(H,32,37)(H,33,38)/t25-,27-,28?/m0/s1. The number of Topliss-reactive ketones (excluding diaryl/α,β-unsaturated/α-hetero) is 1. The lowest BCUT2D eigenvalue weighted by molar-refractivity contribution is -0.130. The first-order chi connectivity index (χ1) is 19.3. The Kier molecular flexibility index (Phi) is 11.6. The summed E-state index contributed by atoms with van der Waals surface area (Å²) in [5, 5.41) is 5.69. The number of carbonyl (C=O) groups excluding carboxylic acids is 3. The first-order valence-electron chi connectivity index (χ1n) is 14.3. The second kappa shape index (κ2) is 14.7. The Hall–Kier alpha value is -3.08. The second-order valence-electron chi connectivity index (χ2n) is 11.9. The molecule has 1 heterocycles. The molecule has 1 saturated heterocycles. The van der Waals surface area contributed by atoms with Crippen molar-refractivity contribution >= 4 is 27.6 Å². The number of rotatable bonds is 14. The summed E-state index contributed by atoms with van der Waals surface area (Å²) in [7, 11) is -3.74. The van der Waals surface area contributed by atoms with Gasteiger partial charge in [0.2, 0.25) is 21.8 Å². The number of ketones is 1. The minimum Gasteiger partial charge on any atom is -0.344 e. The van der Waals surface area contributed by atoms with E-state index in [0.717, 1.165) is 11.1 Å². The molecule has 224 valence electrons. The molecule has 9 nitrogen and oxygen atoms in total. The third kappa shape index (κ3) is 10.4. The minimum absolute atomic E-state index is 0.112. The molecule has 3 N–H and O–H groups in total. The third-order valence-corrected chi connectivity index (χ3v) is 8.52. The van der Waals surface area contributed by atoms with E-state index in [9.17, 15) is 22.8 Å². The van der Waals surface area contributed by atoms with Crippen LogP contribution in [0.3, 0.4) is 0 Å². The topological polar surface area (TPSA) is 125 Å². The summed E-state index contributed by atoms with van der Waals surface area (Å²) in [4.78, 5) is 40.9. The van der Waals surface area contributed by atoms with E-state index < -0.39 is 28.1 Å². The first-order valence-corrected chi connectivity index (χ1v) is 15.8. The summed E-state index contributed by atoms with van der Waals surface area (Å²) in [5.74, 6) is -0.405. The Morgan fingerprint density at radius 2 is 1.59 bits per heavy atom. The van der Waals surface area contributed by atoms with E-state index in [4.69, 9.17) is 0 Å². The van der Waals surface area contributed by atoms with Gasteiger partial charge in [-0.25, -0.2) is 13.1 Å². The van der Waals surface area contributed by atoms with Crippen molar-refractivity contribution < 1.29 is 22.8 Å². The minimum atomic E-state index is -3.74. The monoisotopic (exact) mass is 584 g/mol. The molecule has 1 aliphatic rings. The Morgan fingerprint density at radius 3 is 2.20 bits per heavy atom. The molecule has 0 aromatic heterocycles. The largest absolute Gasteiger partial charge is 0.344 e. The van der Waals surface area contributed by atoms with Crippen molar-refractivity contribution in [3.8, 4) is 0 Å². The summed E-state index contributed by atoms with van der Waals surface area (Å²) in [5.41, 5.74) is 1.82. The van der Waals surface area contributed by atoms with Gasteiger partial charge >= 0.3 is 0 Å². The highest BCUT2D eigenvalue weighted by Crippen LogP contribution is 2.16. The fourth-order valence-electron chi connectivity index (χ4n) is 5.07. The number of aryl methyl sites for hydroxylation is 1. The highest BCUT2D eigenvalue weighted by Gasteiger charge is 2.35. The Labute approximate surface area is 244 Å². The molecule has 3 atom stereocenters. The summed E-state index contributed by atoms with van der Waals surface area (Å²) >= 11 is 0. The lowest BCUT2D eigenvalue weighted by atomic mass is 10.0. The van der Waals surface area contributed by atoms with E-state index in [1.54, 1.807) is 24.3 Å². The molecule has 0 spiro atoms. The molecule has 10 heteroatoms. The molecule has 1 aliphatic heterocycles. The van der Waals surface area contributed by atoms with E-state index in [1.165, 1.54) is 0 Å². The molecule has 0 aliphatic carbocycles. The Balaban J connectivity index is 1.62. The normalized spacial score (nSPS) is 17.5. The fraction of sp³-hybridized carbons (Fsp3) is 0.516.